The molecule has 0 unspecified atom stereocenters. The van der Waals surface area contributed by atoms with Crippen LogP contribution in [0.5, 0.6) is 0 Å². The van der Waals surface area contributed by atoms with Crippen LogP contribution in [0.15, 0.2) is 159 Å². The van der Waals surface area contributed by atoms with Gasteiger partial charge in [0.25, 0.3) is 0 Å². The molecule has 0 saturated heterocycles. The van der Waals surface area contributed by atoms with Gasteiger partial charge in [-0.25, -0.2) is 0 Å². The fourth-order valence-corrected chi connectivity index (χ4v) is 6.11. The zero-order valence-electron chi connectivity index (χ0n) is 23.8. The molecule has 0 fully saturated rings. The average molecular weight is 563 g/mol. The number of benzene rings is 4. The van der Waals surface area contributed by atoms with Crippen LogP contribution < -0.4 is 0 Å². The summed E-state index contributed by atoms with van der Waals surface area (Å²) in [5, 5.41) is 4.62. The Labute approximate surface area is 255 Å². The van der Waals surface area contributed by atoms with Crippen LogP contribution in [0.4, 0.5) is 0 Å². The third-order valence-corrected chi connectivity index (χ3v) is 8.11. The van der Waals surface area contributed by atoms with Crippen molar-refractivity contribution in [1.29, 1.82) is 0 Å². The lowest BCUT2D eigenvalue weighted by atomic mass is 9.85. The summed E-state index contributed by atoms with van der Waals surface area (Å²) in [6.07, 6.45) is 11.3. The van der Waals surface area contributed by atoms with Crippen molar-refractivity contribution in [2.45, 2.75) is 0 Å². The molecular formula is C40H26N4. The second-order valence-corrected chi connectivity index (χ2v) is 10.8. The normalized spacial score (nSPS) is 11.2. The number of hydrogen-bond donors (Lipinski definition) is 0. The van der Waals surface area contributed by atoms with Crippen LogP contribution in [0.25, 0.3) is 77.4 Å². The highest BCUT2D eigenvalue weighted by Crippen LogP contribution is 2.45. The molecule has 0 radical (unpaired) electrons. The molecule has 4 heterocycles. The smallest absolute Gasteiger partial charge is 0.0717 e. The summed E-state index contributed by atoms with van der Waals surface area (Å²) in [6.45, 7) is 0. The average Bonchev–Trinajstić information content (AvgIpc) is 3.11. The quantitative estimate of drug-likeness (QED) is 0.196. The molecule has 4 aromatic heterocycles. The molecule has 8 rings (SSSR count). The summed E-state index contributed by atoms with van der Waals surface area (Å²) in [5.41, 5.74) is 10.5. The number of aromatic nitrogens is 4. The largest absolute Gasteiger partial charge is 0.263 e. The van der Waals surface area contributed by atoms with Crippen molar-refractivity contribution in [2.75, 3.05) is 0 Å². The molecule has 0 aliphatic carbocycles. The minimum Gasteiger partial charge on any atom is -0.263 e. The zero-order valence-corrected chi connectivity index (χ0v) is 23.8. The number of pyridine rings is 4. The van der Waals surface area contributed by atoms with E-state index in [4.69, 9.17) is 4.98 Å². The van der Waals surface area contributed by atoms with E-state index in [2.05, 4.69) is 99.9 Å². The van der Waals surface area contributed by atoms with E-state index in [1.807, 2.05) is 73.6 Å². The predicted molar refractivity (Wildman–Crippen MR) is 180 cm³/mol. The second-order valence-electron chi connectivity index (χ2n) is 10.8. The monoisotopic (exact) mass is 562 g/mol. The van der Waals surface area contributed by atoms with Crippen molar-refractivity contribution in [3.63, 3.8) is 0 Å². The van der Waals surface area contributed by atoms with Gasteiger partial charge in [0.1, 0.15) is 0 Å². The maximum absolute atomic E-state index is 4.70. The van der Waals surface area contributed by atoms with Crippen molar-refractivity contribution in [2.24, 2.45) is 0 Å². The number of hydrogen-bond acceptors (Lipinski definition) is 4. The predicted octanol–water partition coefficient (Wildman–Crippen LogP) is 9.91. The van der Waals surface area contributed by atoms with Crippen molar-refractivity contribution in [3.8, 4) is 55.9 Å². The van der Waals surface area contributed by atoms with Crippen LogP contribution >= 0.6 is 0 Å². The van der Waals surface area contributed by atoms with Gasteiger partial charge in [-0.3, -0.25) is 19.9 Å². The summed E-state index contributed by atoms with van der Waals surface area (Å²) in [7, 11) is 0. The Morgan fingerprint density at radius 2 is 0.818 bits per heavy atom. The van der Waals surface area contributed by atoms with E-state index < -0.39 is 0 Å². The molecule has 4 heteroatoms. The van der Waals surface area contributed by atoms with E-state index >= 15 is 0 Å². The van der Waals surface area contributed by atoms with Crippen LogP contribution in [0.3, 0.4) is 0 Å². The maximum atomic E-state index is 4.70. The second kappa shape index (κ2) is 11.0. The molecule has 206 valence electrons. The minimum atomic E-state index is 0.898. The molecule has 8 aromatic rings. The van der Waals surface area contributed by atoms with E-state index in [-0.39, 0.29) is 0 Å². The molecule has 0 aliphatic rings. The molecule has 44 heavy (non-hydrogen) atoms. The highest BCUT2D eigenvalue weighted by Gasteiger charge is 2.19. The summed E-state index contributed by atoms with van der Waals surface area (Å²) in [4.78, 5) is 18.6. The first-order valence-corrected chi connectivity index (χ1v) is 14.6. The molecule has 0 atom stereocenters. The van der Waals surface area contributed by atoms with Gasteiger partial charge >= 0.3 is 0 Å². The maximum Gasteiger partial charge on any atom is 0.0717 e. The summed E-state index contributed by atoms with van der Waals surface area (Å²) < 4.78 is 0. The van der Waals surface area contributed by atoms with E-state index in [9.17, 15) is 0 Å². The standard InChI is InChI=1S/C40H26N4/c1-2-10-27(11-3-1)28-16-17-35-36(22-28)40(32-21-30(24-42-26-32)38-15-7-9-19-44-38)34-13-5-4-12-33(34)39(35)31-20-29(23-41-25-31)37-14-6-8-18-43-37/h1-26H. The molecular weight excluding hydrogens is 536 g/mol. The Hall–Kier alpha value is -6.00. The van der Waals surface area contributed by atoms with Crippen LogP contribution in [-0.2, 0) is 0 Å². The number of fused-ring (bicyclic) bond motifs is 2. The van der Waals surface area contributed by atoms with Gasteiger partial charge in [-0.15, -0.1) is 0 Å². The van der Waals surface area contributed by atoms with E-state index in [0.717, 1.165) is 71.9 Å². The van der Waals surface area contributed by atoms with Gasteiger partial charge in [-0.2, -0.15) is 0 Å². The Morgan fingerprint density at radius 1 is 0.318 bits per heavy atom. The highest BCUT2D eigenvalue weighted by molar-refractivity contribution is 6.22. The van der Waals surface area contributed by atoms with E-state index in [1.165, 1.54) is 5.56 Å². The van der Waals surface area contributed by atoms with Crippen molar-refractivity contribution >= 4 is 21.5 Å². The highest BCUT2D eigenvalue weighted by atomic mass is 14.7. The molecule has 0 saturated carbocycles. The van der Waals surface area contributed by atoms with Crippen LogP contribution in [0, 0.1) is 0 Å². The van der Waals surface area contributed by atoms with Gasteiger partial charge < -0.3 is 0 Å². The van der Waals surface area contributed by atoms with Gasteiger partial charge in [-0.1, -0.05) is 78.9 Å². The first-order valence-electron chi connectivity index (χ1n) is 14.6. The Kier molecular flexibility index (Phi) is 6.43. The molecule has 0 aliphatic heterocycles. The lowest BCUT2D eigenvalue weighted by Crippen LogP contribution is -1.94. The molecule has 0 amide bonds. The molecule has 4 nitrogen and oxygen atoms in total. The molecule has 0 bridgehead atoms. The summed E-state index contributed by atoms with van der Waals surface area (Å²) >= 11 is 0. The fourth-order valence-electron chi connectivity index (χ4n) is 6.11. The molecule has 0 N–H and O–H groups in total. The van der Waals surface area contributed by atoms with Crippen LogP contribution in [0.1, 0.15) is 0 Å². The van der Waals surface area contributed by atoms with Crippen LogP contribution in [0.2, 0.25) is 0 Å². The lowest BCUT2D eigenvalue weighted by molar-refractivity contribution is 1.28. The summed E-state index contributed by atoms with van der Waals surface area (Å²) in [5.74, 6) is 0. The zero-order chi connectivity index (χ0) is 29.3. The summed E-state index contributed by atoms with van der Waals surface area (Å²) in [6, 6.07) is 42.3. The first kappa shape index (κ1) is 25.7. The van der Waals surface area contributed by atoms with Gasteiger partial charge in [0.2, 0.25) is 0 Å². The van der Waals surface area contributed by atoms with Crippen LogP contribution in [-0.4, -0.2) is 19.9 Å². The Morgan fingerprint density at radius 3 is 1.39 bits per heavy atom. The van der Waals surface area contributed by atoms with Crippen molar-refractivity contribution in [3.05, 3.63) is 159 Å². The number of rotatable bonds is 5. The van der Waals surface area contributed by atoms with E-state index in [1.54, 1.807) is 0 Å². The fraction of sp³-hybridized carbons (Fsp3) is 0. The molecule has 0 spiro atoms. The Bertz CT molecular complexity index is 2260. The third-order valence-electron chi connectivity index (χ3n) is 8.11. The number of nitrogens with zero attached hydrogens (tertiary/aromatic N) is 4. The van der Waals surface area contributed by atoms with Crippen molar-refractivity contribution < 1.29 is 0 Å². The van der Waals surface area contributed by atoms with E-state index in [0.29, 0.717) is 0 Å². The van der Waals surface area contributed by atoms with Gasteiger partial charge in [0, 0.05) is 59.4 Å². The third kappa shape index (κ3) is 4.59. The first-order chi connectivity index (χ1) is 21.8. The SMILES string of the molecule is c1ccc(-c2ccc3c(-c4cncc(-c5ccccn5)c4)c4ccccc4c(-c4cncc(-c5ccccn5)c4)c3c2)cc1. The van der Waals surface area contributed by atoms with Gasteiger partial charge in [0.05, 0.1) is 11.4 Å². The minimum absolute atomic E-state index is 0.898. The van der Waals surface area contributed by atoms with Gasteiger partial charge in [0.15, 0.2) is 0 Å². The van der Waals surface area contributed by atoms with Gasteiger partial charge in [-0.05, 0) is 86.3 Å². The molecule has 4 aromatic carbocycles. The topological polar surface area (TPSA) is 51.6 Å². The lowest BCUT2D eigenvalue weighted by Gasteiger charge is -2.19. The van der Waals surface area contributed by atoms with Crippen molar-refractivity contribution in [1.82, 2.24) is 19.9 Å². The Balaban J connectivity index is 1.45.